The Bertz CT molecular complexity index is 507. The molecule has 2 atom stereocenters. The average molecular weight is 299 g/mol. The van der Waals surface area contributed by atoms with E-state index in [1.807, 2.05) is 4.90 Å². The van der Waals surface area contributed by atoms with E-state index in [9.17, 15) is 9.18 Å². The van der Waals surface area contributed by atoms with Crippen LogP contribution >= 0.6 is 11.6 Å². The van der Waals surface area contributed by atoms with Crippen LogP contribution < -0.4 is 5.73 Å². The molecule has 3 nitrogen and oxygen atoms in total. The molecule has 0 aliphatic carbocycles. The molecule has 20 heavy (non-hydrogen) atoms. The maximum absolute atomic E-state index is 13.3. The van der Waals surface area contributed by atoms with Gasteiger partial charge in [0, 0.05) is 19.0 Å². The zero-order chi connectivity index (χ0) is 14.9. The van der Waals surface area contributed by atoms with Gasteiger partial charge in [-0.1, -0.05) is 31.5 Å². The molecule has 2 rings (SSSR count). The van der Waals surface area contributed by atoms with E-state index in [1.165, 1.54) is 6.07 Å². The van der Waals surface area contributed by atoms with Crippen molar-refractivity contribution in [1.29, 1.82) is 0 Å². The van der Waals surface area contributed by atoms with Gasteiger partial charge in [0.1, 0.15) is 5.82 Å². The Balaban J connectivity index is 2.36. The minimum atomic E-state index is -0.457. The second kappa shape index (κ2) is 6.10. The van der Waals surface area contributed by atoms with Gasteiger partial charge in [0.15, 0.2) is 0 Å². The van der Waals surface area contributed by atoms with Crippen LogP contribution in [0, 0.1) is 11.7 Å². The Morgan fingerprint density at radius 1 is 1.50 bits per heavy atom. The lowest BCUT2D eigenvalue weighted by atomic mass is 9.90. The largest absolute Gasteiger partial charge is 0.334 e. The topological polar surface area (TPSA) is 46.3 Å². The van der Waals surface area contributed by atoms with Crippen molar-refractivity contribution < 1.29 is 9.18 Å². The van der Waals surface area contributed by atoms with Gasteiger partial charge in [-0.2, -0.15) is 0 Å². The highest BCUT2D eigenvalue weighted by Gasteiger charge is 2.35. The fourth-order valence-electron chi connectivity index (χ4n) is 2.71. The molecule has 1 aromatic carbocycles. The van der Waals surface area contributed by atoms with Crippen molar-refractivity contribution in [2.24, 2.45) is 11.7 Å². The summed E-state index contributed by atoms with van der Waals surface area (Å²) in [7, 11) is 0. The fraction of sp³-hybridized carbons (Fsp3) is 0.533. The maximum atomic E-state index is 13.3. The van der Waals surface area contributed by atoms with Crippen molar-refractivity contribution in [2.45, 2.75) is 38.8 Å². The summed E-state index contributed by atoms with van der Waals surface area (Å²) in [5.74, 6) is -0.00458. The highest BCUT2D eigenvalue weighted by atomic mass is 35.5. The van der Waals surface area contributed by atoms with Gasteiger partial charge in [0.25, 0.3) is 0 Å². The predicted molar refractivity (Wildman–Crippen MR) is 77.9 cm³/mol. The first-order valence-electron chi connectivity index (χ1n) is 6.90. The number of carbonyl (C=O) groups excluding carboxylic acids is 1. The molecule has 0 bridgehead atoms. The van der Waals surface area contributed by atoms with E-state index >= 15 is 0 Å². The monoisotopic (exact) mass is 298 g/mol. The molecule has 2 N–H and O–H groups in total. The van der Waals surface area contributed by atoms with E-state index in [0.717, 1.165) is 5.56 Å². The van der Waals surface area contributed by atoms with Crippen LogP contribution in [0.2, 0.25) is 5.02 Å². The van der Waals surface area contributed by atoms with E-state index < -0.39 is 5.82 Å². The van der Waals surface area contributed by atoms with Crippen LogP contribution in [0.3, 0.4) is 0 Å². The highest BCUT2D eigenvalue weighted by molar-refractivity contribution is 6.30. The van der Waals surface area contributed by atoms with E-state index in [4.69, 9.17) is 17.3 Å². The predicted octanol–water partition coefficient (Wildman–Crippen LogP) is 3.13. The zero-order valence-corrected chi connectivity index (χ0v) is 12.5. The van der Waals surface area contributed by atoms with Crippen molar-refractivity contribution >= 4 is 17.5 Å². The summed E-state index contributed by atoms with van der Waals surface area (Å²) in [5.41, 5.74) is 7.00. The molecule has 2 unspecified atom stereocenters. The van der Waals surface area contributed by atoms with Crippen molar-refractivity contribution in [1.82, 2.24) is 4.90 Å². The number of benzene rings is 1. The van der Waals surface area contributed by atoms with Gasteiger partial charge in [-0.05, 0) is 30.0 Å². The van der Waals surface area contributed by atoms with Gasteiger partial charge >= 0.3 is 0 Å². The smallest absolute Gasteiger partial charge is 0.223 e. The van der Waals surface area contributed by atoms with Crippen LogP contribution in [-0.4, -0.2) is 23.4 Å². The summed E-state index contributed by atoms with van der Waals surface area (Å²) in [4.78, 5) is 14.0. The zero-order valence-electron chi connectivity index (χ0n) is 11.8. The number of likely N-dealkylation sites (tertiary alicyclic amines) is 1. The molecule has 1 amide bonds. The third-order valence-corrected chi connectivity index (χ3v) is 3.89. The molecule has 1 heterocycles. The second-order valence-electron chi connectivity index (χ2n) is 5.76. The van der Waals surface area contributed by atoms with E-state index in [-0.39, 0.29) is 23.0 Å². The van der Waals surface area contributed by atoms with Gasteiger partial charge in [-0.15, -0.1) is 0 Å². The molecule has 1 aromatic rings. The fourth-order valence-corrected chi connectivity index (χ4v) is 2.90. The third-order valence-electron chi connectivity index (χ3n) is 3.60. The molecule has 110 valence electrons. The van der Waals surface area contributed by atoms with Crippen LogP contribution in [0.25, 0.3) is 0 Å². The van der Waals surface area contributed by atoms with E-state index in [1.54, 1.807) is 12.1 Å². The first-order chi connectivity index (χ1) is 9.40. The molecule has 0 spiro atoms. The SMILES string of the molecule is CC(C)CN1C(=O)CCC(N)C1c1ccc(F)c(Cl)c1. The summed E-state index contributed by atoms with van der Waals surface area (Å²) < 4.78 is 13.3. The Morgan fingerprint density at radius 2 is 2.20 bits per heavy atom. The minimum Gasteiger partial charge on any atom is -0.334 e. The molecule has 1 aliphatic heterocycles. The van der Waals surface area contributed by atoms with E-state index in [0.29, 0.717) is 25.3 Å². The number of carbonyl (C=O) groups is 1. The molecule has 0 radical (unpaired) electrons. The van der Waals surface area contributed by atoms with Crippen LogP contribution in [0.4, 0.5) is 4.39 Å². The summed E-state index contributed by atoms with van der Waals surface area (Å²) >= 11 is 5.85. The Labute approximate surface area is 123 Å². The number of amides is 1. The minimum absolute atomic E-state index is 0.0669. The van der Waals surface area contributed by atoms with Gasteiger partial charge in [-0.25, -0.2) is 4.39 Å². The summed E-state index contributed by atoms with van der Waals surface area (Å²) in [6, 6.07) is 4.20. The molecule has 0 saturated carbocycles. The number of nitrogens with zero attached hydrogens (tertiary/aromatic N) is 1. The first kappa shape index (κ1) is 15.3. The quantitative estimate of drug-likeness (QED) is 0.932. The standard InChI is InChI=1S/C15H20ClFN2O/c1-9(2)8-19-14(20)6-5-13(18)15(19)10-3-4-12(17)11(16)7-10/h3-4,7,9,13,15H,5-6,8,18H2,1-2H3. The normalized spacial score (nSPS) is 23.5. The second-order valence-corrected chi connectivity index (χ2v) is 6.17. The Kier molecular flexibility index (Phi) is 4.66. The molecular formula is C15H20ClFN2O. The van der Waals surface area contributed by atoms with Crippen LogP contribution in [0.15, 0.2) is 18.2 Å². The average Bonchev–Trinajstić information content (AvgIpc) is 2.37. The van der Waals surface area contributed by atoms with Gasteiger partial charge in [-0.3, -0.25) is 4.79 Å². The number of rotatable bonds is 3. The number of piperidine rings is 1. The number of hydrogen-bond acceptors (Lipinski definition) is 2. The highest BCUT2D eigenvalue weighted by Crippen LogP contribution is 2.33. The number of hydrogen-bond donors (Lipinski definition) is 1. The van der Waals surface area contributed by atoms with Crippen molar-refractivity contribution in [2.75, 3.05) is 6.54 Å². The lowest BCUT2D eigenvalue weighted by molar-refractivity contribution is -0.138. The molecule has 5 heteroatoms. The van der Waals surface area contributed by atoms with Crippen molar-refractivity contribution in [3.8, 4) is 0 Å². The molecular weight excluding hydrogens is 279 g/mol. The molecule has 1 fully saturated rings. The Morgan fingerprint density at radius 3 is 2.80 bits per heavy atom. The van der Waals surface area contributed by atoms with Gasteiger partial charge < -0.3 is 10.6 Å². The first-order valence-corrected chi connectivity index (χ1v) is 7.28. The van der Waals surface area contributed by atoms with E-state index in [2.05, 4.69) is 13.8 Å². The number of halogens is 2. The van der Waals surface area contributed by atoms with Crippen molar-refractivity contribution in [3.05, 3.63) is 34.6 Å². The van der Waals surface area contributed by atoms with Crippen molar-refractivity contribution in [3.63, 3.8) is 0 Å². The van der Waals surface area contributed by atoms with Crippen LogP contribution in [-0.2, 0) is 4.79 Å². The lowest BCUT2D eigenvalue weighted by Crippen LogP contribution is -2.50. The molecule has 1 aliphatic rings. The Hall–Kier alpha value is -1.13. The van der Waals surface area contributed by atoms with Gasteiger partial charge in [0.05, 0.1) is 11.1 Å². The third kappa shape index (κ3) is 3.13. The summed E-state index contributed by atoms with van der Waals surface area (Å²) in [5, 5.41) is 0.0669. The number of nitrogens with two attached hydrogens (primary N) is 1. The van der Waals surface area contributed by atoms with Crippen LogP contribution in [0.5, 0.6) is 0 Å². The molecule has 1 saturated heterocycles. The summed E-state index contributed by atoms with van der Waals surface area (Å²) in [6.45, 7) is 4.76. The maximum Gasteiger partial charge on any atom is 0.223 e. The summed E-state index contributed by atoms with van der Waals surface area (Å²) in [6.07, 6.45) is 1.12. The van der Waals surface area contributed by atoms with Gasteiger partial charge in [0.2, 0.25) is 5.91 Å². The molecule has 0 aromatic heterocycles. The van der Waals surface area contributed by atoms with Crippen LogP contribution in [0.1, 0.15) is 38.3 Å². The lowest BCUT2D eigenvalue weighted by Gasteiger charge is -2.41.